The van der Waals surface area contributed by atoms with E-state index in [0.717, 1.165) is 6.42 Å². The number of nitrogens with one attached hydrogen (secondary N) is 1. The minimum absolute atomic E-state index is 0.0243. The molecule has 1 saturated carbocycles. The van der Waals surface area contributed by atoms with Gasteiger partial charge < -0.3 is 15.5 Å². The quantitative estimate of drug-likeness (QED) is 0.592. The van der Waals surface area contributed by atoms with E-state index in [1.807, 2.05) is 6.92 Å². The predicted molar refractivity (Wildman–Crippen MR) is 52.6 cm³/mol. The van der Waals surface area contributed by atoms with Crippen molar-refractivity contribution in [2.24, 2.45) is 0 Å². The molecule has 0 aromatic heterocycles. The van der Waals surface area contributed by atoms with Gasteiger partial charge >= 0.3 is 0 Å². The van der Waals surface area contributed by atoms with Crippen LogP contribution in [0, 0.1) is 0 Å². The van der Waals surface area contributed by atoms with Crippen LogP contribution in [-0.4, -0.2) is 35.0 Å². The van der Waals surface area contributed by atoms with Crippen molar-refractivity contribution in [1.82, 2.24) is 5.32 Å². The van der Waals surface area contributed by atoms with Crippen LogP contribution in [0.1, 0.15) is 39.0 Å². The largest absolute Gasteiger partial charge is 0.394 e. The van der Waals surface area contributed by atoms with E-state index in [1.54, 1.807) is 0 Å². The van der Waals surface area contributed by atoms with E-state index in [0.29, 0.717) is 6.04 Å². The molecule has 0 heterocycles. The summed E-state index contributed by atoms with van der Waals surface area (Å²) in [4.78, 5) is 0. The van der Waals surface area contributed by atoms with E-state index in [-0.39, 0.29) is 13.2 Å². The SMILES string of the molecule is CCC(CO)(CO)NC1CCCC1. The third-order valence-corrected chi connectivity index (χ3v) is 3.15. The smallest absolute Gasteiger partial charge is 0.0647 e. The van der Waals surface area contributed by atoms with Crippen LogP contribution in [0.15, 0.2) is 0 Å². The molecule has 1 fully saturated rings. The van der Waals surface area contributed by atoms with Gasteiger partial charge in [-0.3, -0.25) is 0 Å². The minimum Gasteiger partial charge on any atom is -0.394 e. The molecule has 0 amide bonds. The summed E-state index contributed by atoms with van der Waals surface area (Å²) >= 11 is 0. The van der Waals surface area contributed by atoms with Crippen LogP contribution < -0.4 is 5.32 Å². The normalized spacial score (nSPS) is 19.6. The van der Waals surface area contributed by atoms with Crippen molar-refractivity contribution in [1.29, 1.82) is 0 Å². The van der Waals surface area contributed by atoms with Crippen molar-refractivity contribution in [2.45, 2.75) is 50.6 Å². The molecule has 3 nitrogen and oxygen atoms in total. The molecule has 3 N–H and O–H groups in total. The molecule has 0 radical (unpaired) electrons. The Kier molecular flexibility index (Phi) is 4.16. The van der Waals surface area contributed by atoms with Crippen molar-refractivity contribution < 1.29 is 10.2 Å². The lowest BCUT2D eigenvalue weighted by atomic mass is 9.96. The molecule has 0 aliphatic heterocycles. The molecule has 13 heavy (non-hydrogen) atoms. The highest BCUT2D eigenvalue weighted by molar-refractivity contribution is 4.90. The fraction of sp³-hybridized carbons (Fsp3) is 1.00. The molecule has 0 saturated heterocycles. The van der Waals surface area contributed by atoms with Gasteiger partial charge in [-0.2, -0.15) is 0 Å². The number of aliphatic hydroxyl groups excluding tert-OH is 2. The Labute approximate surface area is 80.2 Å². The van der Waals surface area contributed by atoms with Crippen LogP contribution in [0.3, 0.4) is 0 Å². The maximum Gasteiger partial charge on any atom is 0.0647 e. The lowest BCUT2D eigenvalue weighted by molar-refractivity contribution is 0.0781. The molecular weight excluding hydrogens is 166 g/mol. The molecule has 1 aliphatic carbocycles. The summed E-state index contributed by atoms with van der Waals surface area (Å²) in [6, 6.07) is 0.499. The Morgan fingerprint density at radius 2 is 1.77 bits per heavy atom. The number of hydrogen-bond acceptors (Lipinski definition) is 3. The number of hydrogen-bond donors (Lipinski definition) is 3. The zero-order valence-electron chi connectivity index (χ0n) is 8.42. The van der Waals surface area contributed by atoms with E-state index < -0.39 is 5.54 Å². The average Bonchev–Trinajstić information content (AvgIpc) is 2.67. The Morgan fingerprint density at radius 1 is 1.23 bits per heavy atom. The zero-order valence-corrected chi connectivity index (χ0v) is 8.42. The summed E-state index contributed by atoms with van der Waals surface area (Å²) < 4.78 is 0. The fourth-order valence-corrected chi connectivity index (χ4v) is 1.97. The maximum absolute atomic E-state index is 9.21. The molecule has 0 bridgehead atoms. The van der Waals surface area contributed by atoms with Gasteiger partial charge in [0, 0.05) is 6.04 Å². The molecule has 0 aromatic carbocycles. The minimum atomic E-state index is -0.449. The topological polar surface area (TPSA) is 52.5 Å². The van der Waals surface area contributed by atoms with Crippen LogP contribution in [-0.2, 0) is 0 Å². The first-order chi connectivity index (χ1) is 6.26. The third kappa shape index (κ3) is 2.66. The van der Waals surface area contributed by atoms with E-state index in [2.05, 4.69) is 5.32 Å². The molecule has 0 unspecified atom stereocenters. The Balaban J connectivity index is 2.44. The van der Waals surface area contributed by atoms with Gasteiger partial charge in [-0.15, -0.1) is 0 Å². The van der Waals surface area contributed by atoms with Gasteiger partial charge in [0.25, 0.3) is 0 Å². The average molecular weight is 187 g/mol. The van der Waals surface area contributed by atoms with Crippen molar-refractivity contribution in [3.05, 3.63) is 0 Å². The van der Waals surface area contributed by atoms with Gasteiger partial charge in [0.05, 0.1) is 18.8 Å². The van der Waals surface area contributed by atoms with Crippen LogP contribution in [0.25, 0.3) is 0 Å². The summed E-state index contributed by atoms with van der Waals surface area (Å²) in [6.45, 7) is 2.04. The monoisotopic (exact) mass is 187 g/mol. The summed E-state index contributed by atoms with van der Waals surface area (Å²) in [7, 11) is 0. The second-order valence-corrected chi connectivity index (χ2v) is 4.08. The highest BCUT2D eigenvalue weighted by Crippen LogP contribution is 2.21. The van der Waals surface area contributed by atoms with Gasteiger partial charge in [-0.05, 0) is 19.3 Å². The van der Waals surface area contributed by atoms with Crippen LogP contribution >= 0.6 is 0 Å². The summed E-state index contributed by atoms with van der Waals surface area (Å²) in [5.74, 6) is 0. The maximum atomic E-state index is 9.21. The third-order valence-electron chi connectivity index (χ3n) is 3.15. The molecule has 78 valence electrons. The molecule has 3 heteroatoms. The molecule has 1 rings (SSSR count). The standard InChI is InChI=1S/C10H21NO2/c1-2-10(7-12,8-13)11-9-5-3-4-6-9/h9,11-13H,2-8H2,1H3. The lowest BCUT2D eigenvalue weighted by Crippen LogP contribution is -2.54. The Hall–Kier alpha value is -0.120. The van der Waals surface area contributed by atoms with Crippen LogP contribution in [0.2, 0.25) is 0 Å². The van der Waals surface area contributed by atoms with E-state index in [4.69, 9.17) is 0 Å². The van der Waals surface area contributed by atoms with Gasteiger partial charge in [0.1, 0.15) is 0 Å². The first-order valence-electron chi connectivity index (χ1n) is 5.26. The fourth-order valence-electron chi connectivity index (χ4n) is 1.97. The molecule has 0 aromatic rings. The van der Waals surface area contributed by atoms with E-state index >= 15 is 0 Å². The van der Waals surface area contributed by atoms with E-state index in [1.165, 1.54) is 25.7 Å². The van der Waals surface area contributed by atoms with Crippen molar-refractivity contribution >= 4 is 0 Å². The number of rotatable bonds is 5. The van der Waals surface area contributed by atoms with Gasteiger partial charge in [-0.1, -0.05) is 19.8 Å². The van der Waals surface area contributed by atoms with Gasteiger partial charge in [0.2, 0.25) is 0 Å². The van der Waals surface area contributed by atoms with Crippen molar-refractivity contribution in [3.63, 3.8) is 0 Å². The van der Waals surface area contributed by atoms with Crippen LogP contribution in [0.4, 0.5) is 0 Å². The predicted octanol–water partition coefficient (Wildman–Crippen LogP) is 0.652. The first-order valence-corrected chi connectivity index (χ1v) is 5.26. The van der Waals surface area contributed by atoms with Crippen molar-refractivity contribution in [3.8, 4) is 0 Å². The highest BCUT2D eigenvalue weighted by Gasteiger charge is 2.30. The van der Waals surface area contributed by atoms with Crippen molar-refractivity contribution in [2.75, 3.05) is 13.2 Å². The molecule has 0 atom stereocenters. The molecule has 1 aliphatic rings. The number of aliphatic hydroxyl groups is 2. The highest BCUT2D eigenvalue weighted by atomic mass is 16.3. The van der Waals surface area contributed by atoms with Gasteiger partial charge in [0.15, 0.2) is 0 Å². The lowest BCUT2D eigenvalue weighted by Gasteiger charge is -2.33. The van der Waals surface area contributed by atoms with E-state index in [9.17, 15) is 10.2 Å². The molecule has 0 spiro atoms. The summed E-state index contributed by atoms with van der Waals surface area (Å²) in [6.07, 6.45) is 5.68. The zero-order chi connectivity index (χ0) is 9.73. The first kappa shape index (κ1) is 11.0. The Morgan fingerprint density at radius 3 is 2.15 bits per heavy atom. The van der Waals surface area contributed by atoms with Gasteiger partial charge in [-0.25, -0.2) is 0 Å². The Bertz CT molecular complexity index is 132. The second kappa shape index (κ2) is 4.94. The second-order valence-electron chi connectivity index (χ2n) is 4.08. The van der Waals surface area contributed by atoms with Crippen LogP contribution in [0.5, 0.6) is 0 Å². The summed E-state index contributed by atoms with van der Waals surface area (Å²) in [5.41, 5.74) is -0.449. The summed E-state index contributed by atoms with van der Waals surface area (Å²) in [5, 5.41) is 21.8. The molecular formula is C10H21NO2.